The molecule has 2 rings (SSSR count). The molecule has 0 bridgehead atoms. The van der Waals surface area contributed by atoms with Gasteiger partial charge in [-0.1, -0.05) is 0 Å². The largest absolute Gasteiger partial charge is 0.371 e. The molecule has 1 aromatic carbocycles. The first-order chi connectivity index (χ1) is 7.74. The van der Waals surface area contributed by atoms with Crippen LogP contribution in [0.5, 0.6) is 0 Å². The Bertz CT molecular complexity index is 380. The van der Waals surface area contributed by atoms with Crippen molar-refractivity contribution >= 4 is 11.8 Å². The molecule has 0 saturated carbocycles. The van der Waals surface area contributed by atoms with E-state index in [0.29, 0.717) is 18.0 Å². The van der Waals surface area contributed by atoms with Crippen molar-refractivity contribution < 1.29 is 13.5 Å². The van der Waals surface area contributed by atoms with Gasteiger partial charge < -0.3 is 10.1 Å². The van der Waals surface area contributed by atoms with Gasteiger partial charge in [0, 0.05) is 18.0 Å². The number of thioether (sulfide) groups is 1. The van der Waals surface area contributed by atoms with Gasteiger partial charge >= 0.3 is 0 Å². The van der Waals surface area contributed by atoms with Gasteiger partial charge in [-0.15, -0.1) is 11.8 Å². The second-order valence-electron chi connectivity index (χ2n) is 3.54. The van der Waals surface area contributed by atoms with E-state index >= 15 is 0 Å². The average Bonchev–Trinajstić information content (AvgIpc) is 2.31. The van der Waals surface area contributed by atoms with Crippen molar-refractivity contribution in [3.63, 3.8) is 0 Å². The van der Waals surface area contributed by atoms with Gasteiger partial charge in [0.2, 0.25) is 0 Å². The lowest BCUT2D eigenvalue weighted by atomic mass is 10.1. The van der Waals surface area contributed by atoms with Crippen LogP contribution in [-0.2, 0) is 4.74 Å². The molecule has 0 amide bonds. The molecule has 0 radical (unpaired) electrons. The monoisotopic (exact) mass is 245 g/mol. The topological polar surface area (TPSA) is 21.3 Å². The molecule has 1 fully saturated rings. The third-order valence-electron chi connectivity index (χ3n) is 2.56. The maximum Gasteiger partial charge on any atom is 0.145 e. The molecule has 1 aliphatic heterocycles. The molecule has 1 atom stereocenters. The molecule has 1 aliphatic rings. The van der Waals surface area contributed by atoms with Crippen LogP contribution >= 0.6 is 11.8 Å². The predicted octanol–water partition coefficient (Wildman–Crippen LogP) is 2.35. The molecule has 1 saturated heterocycles. The molecule has 1 N–H and O–H groups in total. The van der Waals surface area contributed by atoms with Crippen LogP contribution in [-0.4, -0.2) is 26.0 Å². The van der Waals surface area contributed by atoms with Gasteiger partial charge in [-0.2, -0.15) is 0 Å². The zero-order chi connectivity index (χ0) is 11.5. The first kappa shape index (κ1) is 11.8. The number of morpholine rings is 1. The summed E-state index contributed by atoms with van der Waals surface area (Å²) in [6.45, 7) is 1.65. The number of rotatable bonds is 2. The Hall–Kier alpha value is -0.650. The van der Waals surface area contributed by atoms with Crippen molar-refractivity contribution in [3.05, 3.63) is 29.3 Å². The number of hydrogen-bond donors (Lipinski definition) is 1. The Morgan fingerprint density at radius 2 is 2.25 bits per heavy atom. The van der Waals surface area contributed by atoms with Crippen molar-refractivity contribution in [1.82, 2.24) is 5.32 Å². The highest BCUT2D eigenvalue weighted by molar-refractivity contribution is 7.98. The second-order valence-corrected chi connectivity index (χ2v) is 4.39. The van der Waals surface area contributed by atoms with Crippen LogP contribution in [0.1, 0.15) is 11.7 Å². The van der Waals surface area contributed by atoms with Gasteiger partial charge in [0.25, 0.3) is 0 Å². The van der Waals surface area contributed by atoms with Gasteiger partial charge in [0.1, 0.15) is 17.7 Å². The summed E-state index contributed by atoms with van der Waals surface area (Å²) >= 11 is 1.26. The van der Waals surface area contributed by atoms with E-state index in [1.165, 1.54) is 23.9 Å². The summed E-state index contributed by atoms with van der Waals surface area (Å²) in [5.41, 5.74) is 0.0408. The third kappa shape index (κ3) is 2.21. The Balaban J connectivity index is 2.37. The summed E-state index contributed by atoms with van der Waals surface area (Å²) in [4.78, 5) is 0.450. The molecular weight excluding hydrogens is 232 g/mol. The van der Waals surface area contributed by atoms with Crippen LogP contribution in [0.3, 0.4) is 0 Å². The van der Waals surface area contributed by atoms with Gasteiger partial charge in [0.15, 0.2) is 0 Å². The van der Waals surface area contributed by atoms with Gasteiger partial charge in [-0.05, 0) is 18.4 Å². The van der Waals surface area contributed by atoms with E-state index in [9.17, 15) is 8.78 Å². The normalized spacial score (nSPS) is 21.1. The Labute approximate surface area is 97.4 Å². The molecule has 5 heteroatoms. The van der Waals surface area contributed by atoms with Crippen LogP contribution < -0.4 is 5.32 Å². The maximum atomic E-state index is 13.9. The van der Waals surface area contributed by atoms with E-state index in [0.717, 1.165) is 6.54 Å². The van der Waals surface area contributed by atoms with E-state index in [4.69, 9.17) is 4.74 Å². The van der Waals surface area contributed by atoms with Crippen LogP contribution in [0.2, 0.25) is 0 Å². The highest BCUT2D eigenvalue weighted by Gasteiger charge is 2.24. The van der Waals surface area contributed by atoms with Crippen LogP contribution in [0.25, 0.3) is 0 Å². The van der Waals surface area contributed by atoms with Crippen molar-refractivity contribution in [2.75, 3.05) is 26.0 Å². The number of halogens is 2. The number of ether oxygens (including phenoxy) is 1. The Morgan fingerprint density at radius 1 is 1.44 bits per heavy atom. The number of benzene rings is 1. The van der Waals surface area contributed by atoms with Crippen molar-refractivity contribution in [3.8, 4) is 0 Å². The summed E-state index contributed by atoms with van der Waals surface area (Å²) in [6, 6.07) is 2.75. The zero-order valence-corrected chi connectivity index (χ0v) is 9.74. The van der Waals surface area contributed by atoms with Gasteiger partial charge in [-0.3, -0.25) is 0 Å². The highest BCUT2D eigenvalue weighted by Crippen LogP contribution is 2.30. The van der Waals surface area contributed by atoms with Crippen LogP contribution in [0.4, 0.5) is 8.78 Å². The lowest BCUT2D eigenvalue weighted by molar-refractivity contribution is 0.0229. The minimum absolute atomic E-state index is 0.0408. The molecule has 1 heterocycles. The molecule has 1 unspecified atom stereocenters. The molecule has 16 heavy (non-hydrogen) atoms. The summed E-state index contributed by atoms with van der Waals surface area (Å²) in [6.07, 6.45) is 1.24. The Kier molecular flexibility index (Phi) is 3.78. The molecule has 0 spiro atoms. The first-order valence-electron chi connectivity index (χ1n) is 5.08. The van der Waals surface area contributed by atoms with E-state index in [-0.39, 0.29) is 5.56 Å². The van der Waals surface area contributed by atoms with E-state index in [2.05, 4.69) is 5.32 Å². The minimum Gasteiger partial charge on any atom is -0.371 e. The smallest absolute Gasteiger partial charge is 0.145 e. The predicted molar refractivity (Wildman–Crippen MR) is 59.7 cm³/mol. The van der Waals surface area contributed by atoms with Gasteiger partial charge in [-0.25, -0.2) is 8.78 Å². The average molecular weight is 245 g/mol. The molecule has 0 aliphatic carbocycles. The number of nitrogens with one attached hydrogen (secondary N) is 1. The molecule has 1 aromatic rings. The maximum absolute atomic E-state index is 13.9. The number of hydrogen-bond acceptors (Lipinski definition) is 3. The minimum atomic E-state index is -0.538. The summed E-state index contributed by atoms with van der Waals surface area (Å²) in [5, 5.41) is 3.06. The SMILES string of the molecule is CSc1ccc(F)c(C2CNCCO2)c1F. The van der Waals surface area contributed by atoms with Crippen molar-refractivity contribution in [2.45, 2.75) is 11.0 Å². The lowest BCUT2D eigenvalue weighted by Gasteiger charge is -2.25. The molecule has 88 valence electrons. The molecular formula is C11H13F2NOS. The van der Waals surface area contributed by atoms with E-state index in [1.807, 2.05) is 0 Å². The Morgan fingerprint density at radius 3 is 2.88 bits per heavy atom. The molecule has 0 aromatic heterocycles. The summed E-state index contributed by atoms with van der Waals surface area (Å²) in [7, 11) is 0. The van der Waals surface area contributed by atoms with Crippen molar-refractivity contribution in [1.29, 1.82) is 0 Å². The fourth-order valence-corrected chi connectivity index (χ4v) is 2.25. The fraction of sp³-hybridized carbons (Fsp3) is 0.455. The van der Waals surface area contributed by atoms with Gasteiger partial charge in [0.05, 0.1) is 12.2 Å². The van der Waals surface area contributed by atoms with E-state index < -0.39 is 17.7 Å². The summed E-state index contributed by atoms with van der Waals surface area (Å²) in [5.74, 6) is -1.04. The zero-order valence-electron chi connectivity index (χ0n) is 8.93. The highest BCUT2D eigenvalue weighted by atomic mass is 32.2. The standard InChI is InChI=1S/C11H13F2NOS/c1-16-9-3-2-7(12)10(11(9)13)8-6-14-4-5-15-8/h2-3,8,14H,4-6H2,1H3. The van der Waals surface area contributed by atoms with Crippen LogP contribution in [0.15, 0.2) is 17.0 Å². The lowest BCUT2D eigenvalue weighted by Crippen LogP contribution is -2.34. The summed E-state index contributed by atoms with van der Waals surface area (Å²) < 4.78 is 32.9. The first-order valence-corrected chi connectivity index (χ1v) is 6.30. The third-order valence-corrected chi connectivity index (χ3v) is 3.32. The quantitative estimate of drug-likeness (QED) is 0.808. The fourth-order valence-electron chi connectivity index (χ4n) is 1.75. The second kappa shape index (κ2) is 5.12. The molecule has 2 nitrogen and oxygen atoms in total. The van der Waals surface area contributed by atoms with E-state index in [1.54, 1.807) is 6.26 Å². The van der Waals surface area contributed by atoms with Crippen molar-refractivity contribution in [2.24, 2.45) is 0 Å². The van der Waals surface area contributed by atoms with Crippen LogP contribution in [0, 0.1) is 11.6 Å².